The van der Waals surface area contributed by atoms with Crippen molar-refractivity contribution in [3.63, 3.8) is 0 Å². The van der Waals surface area contributed by atoms with Crippen molar-refractivity contribution >= 4 is 11.8 Å². The Kier molecular flexibility index (Phi) is 6.27. The van der Waals surface area contributed by atoms with Crippen molar-refractivity contribution in [2.75, 3.05) is 13.2 Å². The van der Waals surface area contributed by atoms with E-state index >= 15 is 0 Å². The van der Waals surface area contributed by atoms with Crippen LogP contribution in [0.1, 0.15) is 104 Å². The van der Waals surface area contributed by atoms with Crippen molar-refractivity contribution in [1.82, 2.24) is 4.90 Å². The molecule has 0 aromatic heterocycles. The summed E-state index contributed by atoms with van der Waals surface area (Å²) in [6.07, 6.45) is 5.07. The Balaban J connectivity index is 1.35. The molecule has 0 bridgehead atoms. The van der Waals surface area contributed by atoms with Gasteiger partial charge in [0.15, 0.2) is 0 Å². The lowest BCUT2D eigenvalue weighted by molar-refractivity contribution is 0.0401. The summed E-state index contributed by atoms with van der Waals surface area (Å²) in [4.78, 5) is 26.5. The smallest absolute Gasteiger partial charge is 0.261 e. The molecule has 1 saturated carbocycles. The number of β-amino-alcohol motifs (C(OH)–C–C–N with tert-alkyl or cyclic N) is 1. The molecule has 5 heteroatoms. The summed E-state index contributed by atoms with van der Waals surface area (Å²) in [6.45, 7) is 11.7. The van der Waals surface area contributed by atoms with Crippen LogP contribution in [-0.2, 0) is 11.8 Å². The molecule has 0 radical (unpaired) electrons. The van der Waals surface area contributed by atoms with E-state index in [0.29, 0.717) is 28.4 Å². The minimum absolute atomic E-state index is 0.0266. The Hall–Kier alpha value is -2.66. The maximum absolute atomic E-state index is 12.7. The number of carbonyl (C=O) groups excluding carboxylic acids is 2. The van der Waals surface area contributed by atoms with Crippen LogP contribution in [0.5, 0.6) is 5.75 Å². The summed E-state index contributed by atoms with van der Waals surface area (Å²) in [5.41, 5.74) is 5.47. The molecular weight excluding hydrogens is 450 g/mol. The van der Waals surface area contributed by atoms with Gasteiger partial charge in [-0.25, -0.2) is 0 Å². The van der Waals surface area contributed by atoms with Crippen LogP contribution in [0.25, 0.3) is 0 Å². The number of benzene rings is 2. The van der Waals surface area contributed by atoms with Gasteiger partial charge in [-0.15, -0.1) is 0 Å². The van der Waals surface area contributed by atoms with E-state index in [2.05, 4.69) is 46.8 Å². The molecule has 192 valence electrons. The fraction of sp³-hybridized carbons (Fsp3) is 0.548. The van der Waals surface area contributed by atoms with Gasteiger partial charge in [-0.2, -0.15) is 0 Å². The molecule has 0 spiro atoms. The quantitative estimate of drug-likeness (QED) is 0.515. The molecule has 0 saturated heterocycles. The van der Waals surface area contributed by atoms with Crippen LogP contribution in [-0.4, -0.2) is 41.1 Å². The second-order valence-electron chi connectivity index (χ2n) is 12.2. The molecule has 2 aromatic rings. The number of rotatable bonds is 6. The SMILES string of the molecule is CC(C)c1c(OCC(O)CN2C(=O)c3ccccc3C2=O)ccc2c1CCC1C(C)(C)CCC[C@]21C. The van der Waals surface area contributed by atoms with E-state index in [4.69, 9.17) is 4.74 Å². The minimum Gasteiger partial charge on any atom is -0.491 e. The third-order valence-electron chi connectivity index (χ3n) is 9.13. The first-order valence-corrected chi connectivity index (χ1v) is 13.5. The van der Waals surface area contributed by atoms with E-state index in [0.717, 1.165) is 17.1 Å². The van der Waals surface area contributed by atoms with E-state index in [-0.39, 0.29) is 30.4 Å². The lowest BCUT2D eigenvalue weighted by Gasteiger charge is -2.54. The van der Waals surface area contributed by atoms with Crippen LogP contribution in [0.4, 0.5) is 0 Å². The van der Waals surface area contributed by atoms with Gasteiger partial charge in [-0.3, -0.25) is 14.5 Å². The molecule has 1 N–H and O–H groups in total. The summed E-state index contributed by atoms with van der Waals surface area (Å²) in [5.74, 6) is 1.07. The molecular formula is C31H39NO4. The van der Waals surface area contributed by atoms with Crippen LogP contribution >= 0.6 is 0 Å². The maximum atomic E-state index is 12.7. The van der Waals surface area contributed by atoms with Gasteiger partial charge in [0.1, 0.15) is 18.5 Å². The fourth-order valence-corrected chi connectivity index (χ4v) is 7.50. The molecule has 1 heterocycles. The van der Waals surface area contributed by atoms with Gasteiger partial charge in [0.05, 0.1) is 17.7 Å². The predicted octanol–water partition coefficient (Wildman–Crippen LogP) is 5.88. The van der Waals surface area contributed by atoms with Crippen molar-refractivity contribution in [1.29, 1.82) is 0 Å². The maximum Gasteiger partial charge on any atom is 0.261 e. The molecule has 5 nitrogen and oxygen atoms in total. The second kappa shape index (κ2) is 9.02. The molecule has 2 aromatic carbocycles. The van der Waals surface area contributed by atoms with Crippen molar-refractivity contribution < 1.29 is 19.4 Å². The fourth-order valence-electron chi connectivity index (χ4n) is 7.50. The average molecular weight is 490 g/mol. The first-order valence-electron chi connectivity index (χ1n) is 13.5. The Labute approximate surface area is 214 Å². The second-order valence-corrected chi connectivity index (χ2v) is 12.2. The van der Waals surface area contributed by atoms with Crippen LogP contribution < -0.4 is 4.74 Å². The van der Waals surface area contributed by atoms with Crippen molar-refractivity contribution in [3.8, 4) is 5.75 Å². The first-order chi connectivity index (χ1) is 17.0. The van der Waals surface area contributed by atoms with Crippen molar-refractivity contribution in [2.24, 2.45) is 11.3 Å². The number of hydrogen-bond acceptors (Lipinski definition) is 4. The number of nitrogens with zero attached hydrogens (tertiary/aromatic N) is 1. The molecule has 36 heavy (non-hydrogen) atoms. The minimum atomic E-state index is -0.968. The Bertz CT molecular complexity index is 1160. The Morgan fingerprint density at radius 1 is 1.03 bits per heavy atom. The van der Waals surface area contributed by atoms with Crippen LogP contribution in [0, 0.1) is 11.3 Å². The summed E-state index contributed by atoms with van der Waals surface area (Å²) >= 11 is 0. The van der Waals surface area contributed by atoms with E-state index in [1.54, 1.807) is 24.3 Å². The highest BCUT2D eigenvalue weighted by Gasteiger charge is 2.50. The number of ether oxygens (including phenoxy) is 1. The number of hydrogen-bond donors (Lipinski definition) is 1. The van der Waals surface area contributed by atoms with Gasteiger partial charge in [-0.05, 0) is 77.7 Å². The largest absolute Gasteiger partial charge is 0.491 e. The number of fused-ring (bicyclic) bond motifs is 4. The van der Waals surface area contributed by atoms with Gasteiger partial charge in [0, 0.05) is 5.56 Å². The van der Waals surface area contributed by atoms with E-state index < -0.39 is 6.10 Å². The molecule has 5 rings (SSSR count). The van der Waals surface area contributed by atoms with Gasteiger partial charge >= 0.3 is 0 Å². The van der Waals surface area contributed by atoms with Crippen LogP contribution in [0.3, 0.4) is 0 Å². The van der Waals surface area contributed by atoms with Gasteiger partial charge in [0.25, 0.3) is 11.8 Å². The topological polar surface area (TPSA) is 66.8 Å². The molecule has 3 atom stereocenters. The molecule has 2 aliphatic carbocycles. The highest BCUT2D eigenvalue weighted by Crippen LogP contribution is 2.58. The summed E-state index contributed by atoms with van der Waals surface area (Å²) in [7, 11) is 0. The highest BCUT2D eigenvalue weighted by molar-refractivity contribution is 6.21. The van der Waals surface area contributed by atoms with E-state index in [1.807, 2.05) is 0 Å². The third kappa shape index (κ3) is 3.96. The Morgan fingerprint density at radius 3 is 2.33 bits per heavy atom. The zero-order valence-electron chi connectivity index (χ0n) is 22.3. The van der Waals surface area contributed by atoms with Gasteiger partial charge in [0.2, 0.25) is 0 Å². The summed E-state index contributed by atoms with van der Waals surface area (Å²) < 4.78 is 6.19. The van der Waals surface area contributed by atoms with Crippen molar-refractivity contribution in [2.45, 2.75) is 84.2 Å². The lowest BCUT2D eigenvalue weighted by Crippen LogP contribution is -2.48. The zero-order chi connectivity index (χ0) is 25.8. The number of carbonyl (C=O) groups is 2. The summed E-state index contributed by atoms with van der Waals surface area (Å²) in [5, 5.41) is 10.7. The number of amides is 2. The summed E-state index contributed by atoms with van der Waals surface area (Å²) in [6, 6.07) is 11.1. The number of imide groups is 1. The van der Waals surface area contributed by atoms with Crippen molar-refractivity contribution in [3.05, 3.63) is 64.2 Å². The third-order valence-corrected chi connectivity index (χ3v) is 9.13. The zero-order valence-corrected chi connectivity index (χ0v) is 22.3. The molecule has 3 aliphatic rings. The van der Waals surface area contributed by atoms with E-state index in [9.17, 15) is 14.7 Å². The average Bonchev–Trinajstić information content (AvgIpc) is 3.06. The molecule has 2 unspecified atom stereocenters. The lowest BCUT2D eigenvalue weighted by atomic mass is 9.50. The molecule has 1 aliphatic heterocycles. The van der Waals surface area contributed by atoms with Crippen LogP contribution in [0.2, 0.25) is 0 Å². The van der Waals surface area contributed by atoms with Gasteiger partial charge < -0.3 is 9.84 Å². The normalized spacial score (nSPS) is 25.4. The van der Waals surface area contributed by atoms with Gasteiger partial charge in [-0.1, -0.05) is 59.2 Å². The standard InChI is InChI=1S/C31H39NO4/c1-19(2)27-23-11-14-26-30(3,4)15-8-16-31(26,5)24(23)12-13-25(27)36-18-20(33)17-32-28(34)21-9-6-7-10-22(21)29(32)35/h6-7,9-10,12-13,19-20,26,33H,8,11,14-18H2,1-5H3/t20?,26?,31-/m1/s1. The monoisotopic (exact) mass is 489 g/mol. The van der Waals surface area contributed by atoms with E-state index in [1.165, 1.54) is 42.4 Å². The number of aliphatic hydroxyl groups excluding tert-OH is 1. The first kappa shape index (κ1) is 25.0. The highest BCUT2D eigenvalue weighted by atomic mass is 16.5. The molecule has 1 fully saturated rings. The molecule has 2 amide bonds. The Morgan fingerprint density at radius 2 is 1.69 bits per heavy atom. The van der Waals surface area contributed by atoms with Crippen LogP contribution in [0.15, 0.2) is 36.4 Å². The predicted molar refractivity (Wildman–Crippen MR) is 141 cm³/mol. The number of aliphatic hydroxyl groups is 1.